The minimum Gasteiger partial charge on any atom is -0.481 e. The summed E-state index contributed by atoms with van der Waals surface area (Å²) in [5.74, 6) is -0.188. The van der Waals surface area contributed by atoms with Gasteiger partial charge in [0.05, 0.1) is 26.4 Å². The molecule has 2 N–H and O–H groups in total. The summed E-state index contributed by atoms with van der Waals surface area (Å²) < 4.78 is 5.95. The number of amidine groups is 1. The second kappa shape index (κ2) is 14.7. The number of aliphatic imine (C=N–C) groups is 1. The molecule has 1 fully saturated rings. The summed E-state index contributed by atoms with van der Waals surface area (Å²) in [7, 11) is 0. The molecule has 2 unspecified atom stereocenters. The Kier molecular flexibility index (Phi) is 10.7. The molecule has 0 bridgehead atoms. The van der Waals surface area contributed by atoms with Gasteiger partial charge in [0.1, 0.15) is 11.4 Å². The van der Waals surface area contributed by atoms with Gasteiger partial charge in [-0.15, -0.1) is 0 Å². The van der Waals surface area contributed by atoms with E-state index in [1.807, 2.05) is 58.0 Å². The van der Waals surface area contributed by atoms with Gasteiger partial charge in [0.2, 0.25) is 6.04 Å². The average Bonchev–Trinajstić information content (AvgIpc) is 3.31. The predicted molar refractivity (Wildman–Crippen MR) is 189 cm³/mol. The van der Waals surface area contributed by atoms with Crippen molar-refractivity contribution in [2.75, 3.05) is 10.3 Å². The number of rotatable bonds is 9. The van der Waals surface area contributed by atoms with Gasteiger partial charge in [-0.3, -0.25) is 15.0 Å². The summed E-state index contributed by atoms with van der Waals surface area (Å²) in [4.78, 5) is 31.6. The van der Waals surface area contributed by atoms with E-state index in [9.17, 15) is 9.59 Å². The zero-order valence-corrected chi connectivity index (χ0v) is 28.8. The highest BCUT2D eigenvalue weighted by Crippen LogP contribution is 2.38. The van der Waals surface area contributed by atoms with Gasteiger partial charge in [0.25, 0.3) is 11.8 Å². The highest BCUT2D eigenvalue weighted by molar-refractivity contribution is 6.43. The van der Waals surface area contributed by atoms with Crippen molar-refractivity contribution in [1.82, 2.24) is 5.43 Å². The van der Waals surface area contributed by atoms with E-state index in [4.69, 9.17) is 51.1 Å². The number of aryl methyl sites for hydroxylation is 3. The predicted octanol–water partition coefficient (Wildman–Crippen LogP) is 9.76. The van der Waals surface area contributed by atoms with Crippen LogP contribution in [0.4, 0.5) is 22.7 Å². The summed E-state index contributed by atoms with van der Waals surface area (Å²) >= 11 is 25.6. The first-order chi connectivity index (χ1) is 22.4. The highest BCUT2D eigenvalue weighted by Gasteiger charge is 2.41. The van der Waals surface area contributed by atoms with Crippen LogP contribution in [0.3, 0.4) is 0 Å². The number of anilines is 2. The monoisotopic (exact) mass is 710 g/mol. The van der Waals surface area contributed by atoms with Crippen LogP contribution >= 0.6 is 46.4 Å². The van der Waals surface area contributed by atoms with Gasteiger partial charge in [0, 0.05) is 10.7 Å². The van der Waals surface area contributed by atoms with Crippen molar-refractivity contribution in [3.63, 3.8) is 0 Å². The summed E-state index contributed by atoms with van der Waals surface area (Å²) in [6.45, 7) is 7.76. The number of nitrogens with one attached hydrogen (secondary N) is 2. The van der Waals surface area contributed by atoms with Gasteiger partial charge in [-0.1, -0.05) is 71.5 Å². The SMILES string of the molecule is CCC(Oc1cccc(C)c1)C(=O)Nc1ccc(Cl)c(N=C2NN(c3c(Cl)cc(Cl)cc3Cl)C(=O)C2N=Nc2ccc(C)c(C)c2)c1. The van der Waals surface area contributed by atoms with Crippen LogP contribution in [0, 0.1) is 20.8 Å². The zero-order valence-electron chi connectivity index (χ0n) is 25.8. The molecule has 47 heavy (non-hydrogen) atoms. The minimum atomic E-state index is -1.21. The maximum atomic E-state index is 13.8. The Bertz CT molecular complexity index is 1890. The fraction of sp³-hybridized carbons (Fsp3) is 0.206. The summed E-state index contributed by atoms with van der Waals surface area (Å²) in [5.41, 5.74) is 7.50. The Balaban J connectivity index is 1.47. The summed E-state index contributed by atoms with van der Waals surface area (Å²) in [6.07, 6.45) is -0.304. The fourth-order valence-electron chi connectivity index (χ4n) is 4.69. The lowest BCUT2D eigenvalue weighted by atomic mass is 10.1. The third kappa shape index (κ3) is 8.05. The number of hydrogen-bond acceptors (Lipinski definition) is 6. The third-order valence-corrected chi connectivity index (χ3v) is 8.42. The largest absolute Gasteiger partial charge is 0.481 e. The lowest BCUT2D eigenvalue weighted by Crippen LogP contribution is -2.36. The Morgan fingerprint density at radius 1 is 0.936 bits per heavy atom. The number of azo groups is 1. The first kappa shape index (κ1) is 34.2. The van der Waals surface area contributed by atoms with E-state index >= 15 is 0 Å². The number of carbonyl (C=O) groups excluding carboxylic acids is 2. The number of amides is 2. The number of ether oxygens (including phenoxy) is 1. The van der Waals surface area contributed by atoms with Crippen molar-refractivity contribution in [3.8, 4) is 5.75 Å². The normalized spacial score (nSPS) is 16.1. The van der Waals surface area contributed by atoms with E-state index in [0.29, 0.717) is 28.6 Å². The minimum absolute atomic E-state index is 0.101. The van der Waals surface area contributed by atoms with Crippen molar-refractivity contribution in [2.24, 2.45) is 15.2 Å². The molecule has 9 nitrogen and oxygen atoms in total. The Hall–Kier alpha value is -4.15. The van der Waals surface area contributed by atoms with E-state index < -0.39 is 18.1 Å². The van der Waals surface area contributed by atoms with Crippen LogP contribution in [0.5, 0.6) is 5.75 Å². The maximum absolute atomic E-state index is 13.8. The van der Waals surface area contributed by atoms with Gasteiger partial charge >= 0.3 is 0 Å². The smallest absolute Gasteiger partial charge is 0.280 e. The van der Waals surface area contributed by atoms with Gasteiger partial charge in [0.15, 0.2) is 11.9 Å². The number of hydrogen-bond donors (Lipinski definition) is 2. The topological polar surface area (TPSA) is 108 Å². The molecule has 1 aliphatic heterocycles. The Morgan fingerprint density at radius 3 is 2.36 bits per heavy atom. The molecule has 242 valence electrons. The lowest BCUT2D eigenvalue weighted by Gasteiger charge is -2.19. The number of carbonyl (C=O) groups is 2. The van der Waals surface area contributed by atoms with Crippen LogP contribution in [0.25, 0.3) is 0 Å². The molecule has 1 aliphatic rings. The second-order valence-electron chi connectivity index (χ2n) is 10.9. The molecule has 13 heteroatoms. The quantitative estimate of drug-likeness (QED) is 0.169. The molecule has 0 radical (unpaired) electrons. The first-order valence-electron chi connectivity index (χ1n) is 14.6. The van der Waals surface area contributed by atoms with Crippen LogP contribution in [0.1, 0.15) is 30.0 Å². The molecular formula is C34H30Cl4N6O3. The van der Waals surface area contributed by atoms with E-state index in [2.05, 4.69) is 26.0 Å². The number of hydrazine groups is 1. The molecule has 2 amide bonds. The molecule has 0 aliphatic carbocycles. The number of halogens is 4. The summed E-state index contributed by atoms with van der Waals surface area (Å²) in [6, 6.07) is 19.6. The van der Waals surface area contributed by atoms with E-state index in [1.54, 1.807) is 30.3 Å². The third-order valence-electron chi connectivity index (χ3n) is 7.31. The van der Waals surface area contributed by atoms with Crippen LogP contribution < -0.4 is 20.5 Å². The molecule has 1 heterocycles. The molecule has 5 rings (SSSR count). The Labute approximate surface area is 292 Å². The zero-order chi connectivity index (χ0) is 33.8. The first-order valence-corrected chi connectivity index (χ1v) is 16.1. The highest BCUT2D eigenvalue weighted by atomic mass is 35.5. The standard InChI is InChI=1S/C34H30Cl4N6O3/c1-5-29(47-24-8-6-7-18(2)13-24)33(45)39-22-11-12-25(36)28(17-22)40-32-30(42-41-23-10-9-19(3)20(4)14-23)34(46)44(43-32)31-26(37)15-21(35)16-27(31)38/h6-17,29-30H,5H2,1-4H3,(H,39,45)(H,40,43). The molecule has 0 spiro atoms. The fourth-order valence-corrected chi connectivity index (χ4v) is 5.84. The number of nitrogens with zero attached hydrogens (tertiary/aromatic N) is 4. The van der Waals surface area contributed by atoms with E-state index in [1.165, 1.54) is 12.1 Å². The molecule has 4 aromatic rings. The van der Waals surface area contributed by atoms with Crippen LogP contribution in [-0.2, 0) is 9.59 Å². The van der Waals surface area contributed by atoms with Crippen molar-refractivity contribution in [3.05, 3.63) is 110 Å². The van der Waals surface area contributed by atoms with Crippen molar-refractivity contribution in [1.29, 1.82) is 0 Å². The second-order valence-corrected chi connectivity index (χ2v) is 12.5. The van der Waals surface area contributed by atoms with Gasteiger partial charge in [-0.2, -0.15) is 10.2 Å². The van der Waals surface area contributed by atoms with Crippen LogP contribution in [-0.4, -0.2) is 29.8 Å². The van der Waals surface area contributed by atoms with Gasteiger partial charge in [-0.25, -0.2) is 10.0 Å². The van der Waals surface area contributed by atoms with Crippen molar-refractivity contribution >= 4 is 86.8 Å². The van der Waals surface area contributed by atoms with E-state index in [-0.39, 0.29) is 38.2 Å². The van der Waals surface area contributed by atoms with Gasteiger partial charge in [-0.05, 0) is 98.5 Å². The molecule has 4 aromatic carbocycles. The van der Waals surface area contributed by atoms with Crippen LogP contribution in [0.15, 0.2) is 88.0 Å². The molecule has 0 aromatic heterocycles. The maximum Gasteiger partial charge on any atom is 0.280 e. The Morgan fingerprint density at radius 2 is 1.68 bits per heavy atom. The van der Waals surface area contributed by atoms with Crippen LogP contribution in [0.2, 0.25) is 20.1 Å². The lowest BCUT2D eigenvalue weighted by molar-refractivity contribution is -0.122. The number of benzene rings is 4. The van der Waals surface area contributed by atoms with Gasteiger partial charge < -0.3 is 10.1 Å². The van der Waals surface area contributed by atoms with E-state index in [0.717, 1.165) is 21.7 Å². The summed E-state index contributed by atoms with van der Waals surface area (Å²) in [5, 5.41) is 13.5. The van der Waals surface area contributed by atoms with Crippen molar-refractivity contribution in [2.45, 2.75) is 46.3 Å². The molecular weight excluding hydrogens is 682 g/mol. The molecule has 2 atom stereocenters. The molecule has 1 saturated heterocycles. The average molecular weight is 712 g/mol. The molecule has 0 saturated carbocycles. The van der Waals surface area contributed by atoms with Crippen molar-refractivity contribution < 1.29 is 14.3 Å².